The van der Waals surface area contributed by atoms with Crippen LogP contribution in [0.15, 0.2) is 30.5 Å². The molecule has 0 unspecified atom stereocenters. The van der Waals surface area contributed by atoms with Gasteiger partial charge in [0.1, 0.15) is 5.69 Å². The summed E-state index contributed by atoms with van der Waals surface area (Å²) in [7, 11) is 1.69. The molecule has 2 rings (SSSR count). The molecule has 116 valence electrons. The van der Waals surface area contributed by atoms with Gasteiger partial charge >= 0.3 is 0 Å². The van der Waals surface area contributed by atoms with E-state index in [-0.39, 0.29) is 11.7 Å². The zero-order valence-corrected chi connectivity index (χ0v) is 13.7. The monoisotopic (exact) mass is 319 g/mol. The number of benzene rings is 1. The Morgan fingerprint density at radius 1 is 1.23 bits per heavy atom. The number of rotatable bonds is 3. The number of halogens is 1. The molecule has 5 nitrogen and oxygen atoms in total. The number of aryl methyl sites for hydroxylation is 1. The van der Waals surface area contributed by atoms with Gasteiger partial charge in [-0.2, -0.15) is 5.10 Å². The molecular formula is C16H18ClN3O2. The first-order valence-corrected chi connectivity index (χ1v) is 7.21. The highest BCUT2D eigenvalue weighted by molar-refractivity contribution is 6.31. The third-order valence-electron chi connectivity index (χ3n) is 3.21. The molecule has 22 heavy (non-hydrogen) atoms. The average Bonchev–Trinajstić information content (AvgIpc) is 2.85. The Morgan fingerprint density at radius 3 is 2.45 bits per heavy atom. The summed E-state index contributed by atoms with van der Waals surface area (Å²) in [5.74, 6) is -0.416. The molecule has 0 atom stereocenters. The molecule has 0 saturated carbocycles. The average molecular weight is 320 g/mol. The number of carbonyl (C=O) groups excluding carboxylic acids is 2. The summed E-state index contributed by atoms with van der Waals surface area (Å²) in [6, 6.07) is 6.45. The quantitative estimate of drug-likeness (QED) is 0.883. The van der Waals surface area contributed by atoms with Gasteiger partial charge in [-0.3, -0.25) is 14.3 Å². The minimum atomic E-state index is -0.563. The summed E-state index contributed by atoms with van der Waals surface area (Å²) in [5.41, 5.74) is 0.643. The van der Waals surface area contributed by atoms with Crippen LogP contribution in [0.3, 0.4) is 0 Å². The summed E-state index contributed by atoms with van der Waals surface area (Å²) < 4.78 is 1.48. The Labute approximate surface area is 134 Å². The molecule has 2 aromatic rings. The molecule has 1 aromatic carbocycles. The van der Waals surface area contributed by atoms with E-state index in [1.54, 1.807) is 58.3 Å². The summed E-state index contributed by atoms with van der Waals surface area (Å²) in [5, 5.41) is 7.21. The van der Waals surface area contributed by atoms with Crippen LogP contribution in [0, 0.1) is 5.41 Å². The van der Waals surface area contributed by atoms with Gasteiger partial charge < -0.3 is 5.32 Å². The van der Waals surface area contributed by atoms with Crippen LogP contribution in [0.1, 0.15) is 36.8 Å². The van der Waals surface area contributed by atoms with Gasteiger partial charge in [-0.25, -0.2) is 0 Å². The predicted molar refractivity (Wildman–Crippen MR) is 86.2 cm³/mol. The van der Waals surface area contributed by atoms with Crippen molar-refractivity contribution < 1.29 is 9.59 Å². The lowest BCUT2D eigenvalue weighted by Gasteiger charge is -2.19. The Kier molecular flexibility index (Phi) is 4.37. The maximum Gasteiger partial charge on any atom is 0.229 e. The van der Waals surface area contributed by atoms with E-state index in [9.17, 15) is 9.59 Å². The number of ketones is 1. The fourth-order valence-corrected chi connectivity index (χ4v) is 2.03. The molecule has 0 aliphatic carbocycles. The lowest BCUT2D eigenvalue weighted by molar-refractivity contribution is -0.123. The highest BCUT2D eigenvalue weighted by Crippen LogP contribution is 2.25. The van der Waals surface area contributed by atoms with E-state index in [0.29, 0.717) is 22.0 Å². The number of amides is 1. The Hall–Kier alpha value is -2.14. The van der Waals surface area contributed by atoms with E-state index in [1.807, 2.05) is 0 Å². The summed E-state index contributed by atoms with van der Waals surface area (Å²) in [6.07, 6.45) is 1.55. The molecule has 0 aliphatic rings. The van der Waals surface area contributed by atoms with Gasteiger partial charge in [0, 0.05) is 29.2 Å². The zero-order chi connectivity index (χ0) is 16.5. The van der Waals surface area contributed by atoms with Crippen molar-refractivity contribution in [1.82, 2.24) is 9.78 Å². The van der Waals surface area contributed by atoms with Gasteiger partial charge in [0.05, 0.1) is 5.69 Å². The summed E-state index contributed by atoms with van der Waals surface area (Å²) in [6.45, 7) is 5.42. The van der Waals surface area contributed by atoms with Gasteiger partial charge in [-0.15, -0.1) is 0 Å². The number of hydrogen-bond donors (Lipinski definition) is 1. The van der Waals surface area contributed by atoms with Gasteiger partial charge in [-0.05, 0) is 24.3 Å². The number of nitrogens with zero attached hydrogens (tertiary/aromatic N) is 2. The van der Waals surface area contributed by atoms with E-state index in [0.717, 1.165) is 0 Å². The second kappa shape index (κ2) is 5.93. The van der Waals surface area contributed by atoms with E-state index in [4.69, 9.17) is 11.6 Å². The van der Waals surface area contributed by atoms with Crippen molar-refractivity contribution in [3.8, 4) is 0 Å². The molecule has 0 saturated heterocycles. The second-order valence-electron chi connectivity index (χ2n) is 6.06. The largest absolute Gasteiger partial charge is 0.325 e. The topological polar surface area (TPSA) is 64.0 Å². The zero-order valence-electron chi connectivity index (χ0n) is 13.0. The van der Waals surface area contributed by atoms with Crippen molar-refractivity contribution in [3.05, 3.63) is 46.7 Å². The fourth-order valence-electron chi connectivity index (χ4n) is 1.86. The first-order valence-electron chi connectivity index (χ1n) is 6.84. The molecular weight excluding hydrogens is 302 g/mol. The second-order valence-corrected chi connectivity index (χ2v) is 6.50. The SMILES string of the molecule is Cn1nccc1C(=O)c1cc(Cl)ccc1NC(=O)C(C)(C)C. The van der Waals surface area contributed by atoms with Crippen molar-refractivity contribution in [2.24, 2.45) is 12.5 Å². The predicted octanol–water partition coefficient (Wildman–Crippen LogP) is 3.29. The van der Waals surface area contributed by atoms with Crippen LogP contribution in [0.2, 0.25) is 5.02 Å². The molecule has 1 aromatic heterocycles. The Balaban J connectivity index is 2.43. The maximum atomic E-state index is 12.7. The molecule has 0 aliphatic heterocycles. The minimum absolute atomic E-state index is 0.172. The number of nitrogens with one attached hydrogen (secondary N) is 1. The first-order chi connectivity index (χ1) is 10.2. The molecule has 6 heteroatoms. The Morgan fingerprint density at radius 2 is 1.91 bits per heavy atom. The van der Waals surface area contributed by atoms with Crippen molar-refractivity contribution in [2.75, 3.05) is 5.32 Å². The molecule has 1 amide bonds. The van der Waals surface area contributed by atoms with Crippen molar-refractivity contribution in [2.45, 2.75) is 20.8 Å². The third kappa shape index (κ3) is 3.36. The highest BCUT2D eigenvalue weighted by Gasteiger charge is 2.24. The molecule has 0 fully saturated rings. The van der Waals surface area contributed by atoms with Crippen LogP contribution in [0.4, 0.5) is 5.69 Å². The summed E-state index contributed by atoms with van der Waals surface area (Å²) >= 11 is 6.00. The maximum absolute atomic E-state index is 12.7. The summed E-state index contributed by atoms with van der Waals surface area (Å²) in [4.78, 5) is 24.8. The van der Waals surface area contributed by atoms with Crippen LogP contribution in [-0.4, -0.2) is 21.5 Å². The van der Waals surface area contributed by atoms with Gasteiger partial charge in [0.25, 0.3) is 0 Å². The molecule has 1 heterocycles. The van der Waals surface area contributed by atoms with Crippen LogP contribution < -0.4 is 5.32 Å². The van der Waals surface area contributed by atoms with Crippen molar-refractivity contribution >= 4 is 29.0 Å². The fraction of sp³-hybridized carbons (Fsp3) is 0.312. The van der Waals surface area contributed by atoms with E-state index < -0.39 is 5.41 Å². The number of hydrogen-bond acceptors (Lipinski definition) is 3. The van der Waals surface area contributed by atoms with E-state index >= 15 is 0 Å². The minimum Gasteiger partial charge on any atom is -0.325 e. The normalized spacial score (nSPS) is 11.3. The van der Waals surface area contributed by atoms with Crippen LogP contribution >= 0.6 is 11.6 Å². The molecule has 0 bridgehead atoms. The van der Waals surface area contributed by atoms with Crippen molar-refractivity contribution in [1.29, 1.82) is 0 Å². The van der Waals surface area contributed by atoms with E-state index in [1.165, 1.54) is 4.68 Å². The smallest absolute Gasteiger partial charge is 0.229 e. The van der Waals surface area contributed by atoms with Crippen LogP contribution in [0.5, 0.6) is 0 Å². The number of carbonyl (C=O) groups is 2. The van der Waals surface area contributed by atoms with Gasteiger partial charge in [0.2, 0.25) is 11.7 Å². The standard InChI is InChI=1S/C16H18ClN3O2/c1-16(2,3)15(22)19-12-6-5-10(17)9-11(12)14(21)13-7-8-18-20(13)4/h5-9H,1-4H3,(H,19,22). The number of aromatic nitrogens is 2. The van der Waals surface area contributed by atoms with Crippen LogP contribution in [0.25, 0.3) is 0 Å². The highest BCUT2D eigenvalue weighted by atomic mass is 35.5. The van der Waals surface area contributed by atoms with Gasteiger partial charge in [-0.1, -0.05) is 32.4 Å². The Bertz CT molecular complexity index is 729. The lowest BCUT2D eigenvalue weighted by atomic mass is 9.95. The molecule has 1 N–H and O–H groups in total. The van der Waals surface area contributed by atoms with Gasteiger partial charge in [0.15, 0.2) is 0 Å². The number of anilines is 1. The third-order valence-corrected chi connectivity index (χ3v) is 3.44. The molecule has 0 spiro atoms. The van der Waals surface area contributed by atoms with Crippen molar-refractivity contribution in [3.63, 3.8) is 0 Å². The first kappa shape index (κ1) is 16.2. The van der Waals surface area contributed by atoms with E-state index in [2.05, 4.69) is 10.4 Å². The lowest BCUT2D eigenvalue weighted by Crippen LogP contribution is -2.28. The van der Waals surface area contributed by atoms with Crippen LogP contribution in [-0.2, 0) is 11.8 Å². The molecule has 0 radical (unpaired) electrons.